The van der Waals surface area contributed by atoms with Crippen molar-refractivity contribution in [3.05, 3.63) is 62.1 Å². The summed E-state index contributed by atoms with van der Waals surface area (Å²) >= 11 is 18.4. The van der Waals surface area contributed by atoms with E-state index in [2.05, 4.69) is 30.4 Å². The topological polar surface area (TPSA) is 12.0 Å². The van der Waals surface area contributed by atoms with E-state index in [-0.39, 0.29) is 6.04 Å². The van der Waals surface area contributed by atoms with Crippen LogP contribution in [0.1, 0.15) is 29.2 Å². The number of halogens is 3. The van der Waals surface area contributed by atoms with Crippen LogP contribution >= 0.6 is 34.8 Å². The zero-order chi connectivity index (χ0) is 14.3. The molecule has 1 aliphatic carbocycles. The second kappa shape index (κ2) is 5.48. The lowest BCUT2D eigenvalue weighted by Gasteiger charge is -2.18. The van der Waals surface area contributed by atoms with Gasteiger partial charge in [0.25, 0.3) is 0 Å². The van der Waals surface area contributed by atoms with E-state index in [0.717, 1.165) is 18.5 Å². The van der Waals surface area contributed by atoms with Gasteiger partial charge in [-0.25, -0.2) is 0 Å². The third-order valence-corrected chi connectivity index (χ3v) is 4.52. The van der Waals surface area contributed by atoms with E-state index in [9.17, 15) is 0 Å². The molecule has 2 aromatic carbocycles. The molecular formula is C16H14Cl3N. The molecule has 0 amide bonds. The minimum atomic E-state index is 0.251. The van der Waals surface area contributed by atoms with Gasteiger partial charge in [-0.15, -0.1) is 0 Å². The number of rotatable bonds is 2. The number of benzene rings is 2. The Kier molecular flexibility index (Phi) is 3.85. The molecule has 1 atom stereocenters. The van der Waals surface area contributed by atoms with Gasteiger partial charge in [0.15, 0.2) is 0 Å². The van der Waals surface area contributed by atoms with Crippen LogP contribution in [0.5, 0.6) is 0 Å². The Morgan fingerprint density at radius 2 is 1.75 bits per heavy atom. The lowest BCUT2D eigenvalue weighted by molar-refractivity contribution is 0.762. The van der Waals surface area contributed by atoms with Crippen molar-refractivity contribution in [2.75, 3.05) is 5.32 Å². The minimum absolute atomic E-state index is 0.251. The highest BCUT2D eigenvalue weighted by atomic mass is 35.5. The molecule has 1 N–H and O–H groups in total. The number of hydrogen-bond acceptors (Lipinski definition) is 1. The lowest BCUT2D eigenvalue weighted by atomic mass is 10.0. The normalized spacial score (nSPS) is 17.1. The molecule has 0 fully saturated rings. The second-order valence-electron chi connectivity index (χ2n) is 5.18. The largest absolute Gasteiger partial charge is 0.376 e. The molecule has 0 aromatic heterocycles. The highest BCUT2D eigenvalue weighted by Gasteiger charge is 2.23. The summed E-state index contributed by atoms with van der Waals surface area (Å²) < 4.78 is 0. The van der Waals surface area contributed by atoms with Crippen LogP contribution in [0.15, 0.2) is 30.3 Å². The maximum absolute atomic E-state index is 6.24. The number of fused-ring (bicyclic) bond motifs is 1. The van der Waals surface area contributed by atoms with E-state index in [1.165, 1.54) is 16.7 Å². The van der Waals surface area contributed by atoms with Gasteiger partial charge >= 0.3 is 0 Å². The Bertz CT molecular complexity index is 644. The molecule has 0 aliphatic heterocycles. The summed E-state index contributed by atoms with van der Waals surface area (Å²) in [6.45, 7) is 2.11. The van der Waals surface area contributed by atoms with E-state index < -0.39 is 0 Å². The van der Waals surface area contributed by atoms with Crippen molar-refractivity contribution in [3.8, 4) is 0 Å². The lowest BCUT2D eigenvalue weighted by Crippen LogP contribution is -2.08. The van der Waals surface area contributed by atoms with Crippen molar-refractivity contribution < 1.29 is 0 Å². The quantitative estimate of drug-likeness (QED) is 0.708. The van der Waals surface area contributed by atoms with E-state index in [1.54, 1.807) is 12.1 Å². The predicted octanol–water partition coefficient (Wildman–Crippen LogP) is 6.05. The highest BCUT2D eigenvalue weighted by Crippen LogP contribution is 2.40. The van der Waals surface area contributed by atoms with E-state index in [4.69, 9.17) is 34.8 Å². The Balaban J connectivity index is 1.93. The fraction of sp³-hybridized carbons (Fsp3) is 0.250. The van der Waals surface area contributed by atoms with E-state index in [1.807, 2.05) is 0 Å². The molecule has 1 aliphatic rings. The summed E-state index contributed by atoms with van der Waals surface area (Å²) in [6.07, 6.45) is 2.13. The van der Waals surface area contributed by atoms with Crippen molar-refractivity contribution in [3.63, 3.8) is 0 Å². The van der Waals surface area contributed by atoms with Crippen LogP contribution in [0, 0.1) is 6.92 Å². The molecule has 1 unspecified atom stereocenters. The van der Waals surface area contributed by atoms with Crippen molar-refractivity contribution >= 4 is 40.5 Å². The Hall–Kier alpha value is -0.890. The first-order valence-corrected chi connectivity index (χ1v) is 7.68. The fourth-order valence-electron chi connectivity index (χ4n) is 2.73. The molecule has 0 heterocycles. The molecule has 0 radical (unpaired) electrons. The van der Waals surface area contributed by atoms with E-state index in [0.29, 0.717) is 15.1 Å². The third-order valence-electron chi connectivity index (χ3n) is 3.70. The molecule has 0 spiro atoms. The van der Waals surface area contributed by atoms with Crippen LogP contribution in [0.4, 0.5) is 5.69 Å². The Morgan fingerprint density at radius 1 is 1.05 bits per heavy atom. The second-order valence-corrected chi connectivity index (χ2v) is 6.43. The SMILES string of the molecule is Cc1ccc2c(c1)C(Nc1c(Cl)cc(Cl)cc1Cl)CC2. The van der Waals surface area contributed by atoms with E-state index >= 15 is 0 Å². The Labute approximate surface area is 133 Å². The molecule has 3 rings (SSSR count). The van der Waals surface area contributed by atoms with Crippen LogP contribution < -0.4 is 5.32 Å². The molecule has 4 heteroatoms. The minimum Gasteiger partial charge on any atom is -0.376 e. The molecule has 2 aromatic rings. The summed E-state index contributed by atoms with van der Waals surface area (Å²) in [5.41, 5.74) is 4.77. The average molecular weight is 327 g/mol. The van der Waals surface area contributed by atoms with Crippen LogP contribution in [-0.2, 0) is 6.42 Å². The molecule has 1 nitrogen and oxygen atoms in total. The van der Waals surface area contributed by atoms with Gasteiger partial charge in [-0.05, 0) is 43.0 Å². The summed E-state index contributed by atoms with van der Waals surface area (Å²) in [4.78, 5) is 0. The number of aryl methyl sites for hydroxylation is 2. The predicted molar refractivity (Wildman–Crippen MR) is 87.3 cm³/mol. The van der Waals surface area contributed by atoms with Crippen LogP contribution in [0.2, 0.25) is 15.1 Å². The van der Waals surface area contributed by atoms with Gasteiger partial charge < -0.3 is 5.32 Å². The molecule has 0 bridgehead atoms. The van der Waals surface area contributed by atoms with Crippen LogP contribution in [0.3, 0.4) is 0 Å². The highest BCUT2D eigenvalue weighted by molar-refractivity contribution is 6.41. The maximum Gasteiger partial charge on any atom is 0.0724 e. The summed E-state index contributed by atoms with van der Waals surface area (Å²) in [5.74, 6) is 0. The third kappa shape index (κ3) is 2.63. The first-order chi connectivity index (χ1) is 9.54. The van der Waals surface area contributed by atoms with Gasteiger partial charge in [0.2, 0.25) is 0 Å². The summed E-state index contributed by atoms with van der Waals surface area (Å²) in [6, 6.07) is 10.3. The first-order valence-electron chi connectivity index (χ1n) is 6.55. The van der Waals surface area contributed by atoms with Crippen molar-refractivity contribution in [2.45, 2.75) is 25.8 Å². The fourth-order valence-corrected chi connectivity index (χ4v) is 3.65. The van der Waals surface area contributed by atoms with Gasteiger partial charge in [0.05, 0.1) is 21.8 Å². The zero-order valence-electron chi connectivity index (χ0n) is 11.0. The Morgan fingerprint density at radius 3 is 2.45 bits per heavy atom. The molecule has 104 valence electrons. The van der Waals surface area contributed by atoms with Crippen molar-refractivity contribution in [2.24, 2.45) is 0 Å². The van der Waals surface area contributed by atoms with Gasteiger partial charge in [0, 0.05) is 5.02 Å². The molecule has 20 heavy (non-hydrogen) atoms. The monoisotopic (exact) mass is 325 g/mol. The molecule has 0 saturated heterocycles. The van der Waals surface area contributed by atoms with Gasteiger partial charge in [-0.1, -0.05) is 58.6 Å². The van der Waals surface area contributed by atoms with Crippen LogP contribution in [0.25, 0.3) is 0 Å². The zero-order valence-corrected chi connectivity index (χ0v) is 13.3. The molecule has 0 saturated carbocycles. The van der Waals surface area contributed by atoms with Crippen molar-refractivity contribution in [1.29, 1.82) is 0 Å². The van der Waals surface area contributed by atoms with Gasteiger partial charge in [-0.3, -0.25) is 0 Å². The summed E-state index contributed by atoms with van der Waals surface area (Å²) in [7, 11) is 0. The number of hydrogen-bond donors (Lipinski definition) is 1. The van der Waals surface area contributed by atoms with Crippen LogP contribution in [-0.4, -0.2) is 0 Å². The molecular weight excluding hydrogens is 313 g/mol. The average Bonchev–Trinajstić information content (AvgIpc) is 2.76. The standard InChI is InChI=1S/C16H14Cl3N/c1-9-2-3-10-4-5-15(12(10)6-9)20-16-13(18)7-11(17)8-14(16)19/h2-3,6-8,15,20H,4-5H2,1H3. The van der Waals surface area contributed by atoms with Crippen molar-refractivity contribution in [1.82, 2.24) is 0 Å². The smallest absolute Gasteiger partial charge is 0.0724 e. The van der Waals surface area contributed by atoms with Gasteiger partial charge in [0.1, 0.15) is 0 Å². The summed E-state index contributed by atoms with van der Waals surface area (Å²) in [5, 5.41) is 5.13. The first kappa shape index (κ1) is 14.1. The maximum atomic E-state index is 6.24. The number of anilines is 1. The van der Waals surface area contributed by atoms with Gasteiger partial charge in [-0.2, -0.15) is 0 Å². The number of nitrogens with one attached hydrogen (secondary N) is 1.